The van der Waals surface area contributed by atoms with Gasteiger partial charge in [-0.05, 0) is 36.4 Å². The summed E-state index contributed by atoms with van der Waals surface area (Å²) in [6, 6.07) is 20.6. The predicted octanol–water partition coefficient (Wildman–Crippen LogP) is 4.23. The highest BCUT2D eigenvalue weighted by Crippen LogP contribution is 2.28. The van der Waals surface area contributed by atoms with E-state index < -0.39 is 12.7 Å². The van der Waals surface area contributed by atoms with E-state index in [1.165, 1.54) is 11.0 Å². The van der Waals surface area contributed by atoms with Gasteiger partial charge in [-0.1, -0.05) is 24.3 Å². The van der Waals surface area contributed by atoms with Crippen molar-refractivity contribution in [2.24, 2.45) is 0 Å². The number of hydrogen-bond donors (Lipinski definition) is 1. The number of carbonyl (C=O) groups is 1. The lowest BCUT2D eigenvalue weighted by molar-refractivity contribution is -0.117. The molecule has 2 heterocycles. The fraction of sp³-hybridized carbons (Fsp3) is 0.222. The molecule has 188 valence electrons. The Bertz CT molecular complexity index is 1500. The molecule has 1 atom stereocenters. The molecule has 0 spiro atoms. The number of para-hydroxylation sites is 1. The van der Waals surface area contributed by atoms with Crippen LogP contribution in [0.1, 0.15) is 23.4 Å². The summed E-state index contributed by atoms with van der Waals surface area (Å²) in [5, 5.41) is 19.2. The number of anilines is 1. The van der Waals surface area contributed by atoms with Crippen LogP contribution < -0.4 is 14.4 Å². The van der Waals surface area contributed by atoms with Crippen molar-refractivity contribution >= 4 is 22.6 Å². The van der Waals surface area contributed by atoms with E-state index in [0.29, 0.717) is 39.4 Å². The number of benzene rings is 3. The van der Waals surface area contributed by atoms with Gasteiger partial charge < -0.3 is 24.0 Å². The maximum atomic E-state index is 13.0. The smallest absolute Gasteiger partial charge is 0.387 e. The number of hydrogen-bond acceptors (Lipinski definition) is 6. The van der Waals surface area contributed by atoms with Crippen molar-refractivity contribution in [3.8, 4) is 17.6 Å². The summed E-state index contributed by atoms with van der Waals surface area (Å²) < 4.78 is 38.5. The van der Waals surface area contributed by atoms with Gasteiger partial charge in [0.2, 0.25) is 5.91 Å². The first-order valence-corrected chi connectivity index (χ1v) is 11.5. The second-order valence-corrected chi connectivity index (χ2v) is 8.56. The summed E-state index contributed by atoms with van der Waals surface area (Å²) in [4.78, 5) is 18.3. The molecule has 0 saturated carbocycles. The third-order valence-corrected chi connectivity index (χ3v) is 6.08. The van der Waals surface area contributed by atoms with Crippen LogP contribution in [0.2, 0.25) is 0 Å². The molecule has 4 aromatic rings. The maximum absolute atomic E-state index is 13.0. The lowest BCUT2D eigenvalue weighted by Crippen LogP contribution is -2.25. The van der Waals surface area contributed by atoms with E-state index in [1.807, 2.05) is 0 Å². The lowest BCUT2D eigenvalue weighted by Gasteiger charge is -2.17. The van der Waals surface area contributed by atoms with Gasteiger partial charge in [-0.25, -0.2) is 4.98 Å². The first kappa shape index (κ1) is 24.2. The zero-order valence-electron chi connectivity index (χ0n) is 19.6. The molecule has 8 nitrogen and oxygen atoms in total. The normalized spacial score (nSPS) is 15.4. The molecule has 10 heteroatoms. The van der Waals surface area contributed by atoms with Crippen LogP contribution in [-0.4, -0.2) is 39.8 Å². The van der Waals surface area contributed by atoms with Crippen LogP contribution in [-0.2, 0) is 17.9 Å². The number of aliphatic hydroxyl groups excluding tert-OH is 1. The quantitative estimate of drug-likeness (QED) is 0.385. The first-order valence-electron chi connectivity index (χ1n) is 11.5. The van der Waals surface area contributed by atoms with E-state index in [-0.39, 0.29) is 37.8 Å². The number of amides is 1. The molecule has 1 aliphatic rings. The van der Waals surface area contributed by atoms with Gasteiger partial charge >= 0.3 is 6.61 Å². The molecule has 3 aromatic carbocycles. The number of halogens is 2. The lowest BCUT2D eigenvalue weighted by atomic mass is 10.2. The van der Waals surface area contributed by atoms with Gasteiger partial charge in [0, 0.05) is 17.3 Å². The average Bonchev–Trinajstić information content (AvgIpc) is 3.41. The van der Waals surface area contributed by atoms with Gasteiger partial charge in [0.05, 0.1) is 48.3 Å². The standard InChI is InChI=1S/C27H22F2N4O4/c28-27(29)37-24-7-2-1-4-18(24)14-33-23-10-17(13-30)8-9-22(23)31-25(33)16-36-21-6-3-5-19(11-21)32-15-20(34)12-26(32)35/h1-11,20,27,34H,12,14-16H2/t20-/m0/s1. The molecule has 5 rings (SSSR count). The van der Waals surface area contributed by atoms with Crippen LogP contribution in [0, 0.1) is 11.3 Å². The molecule has 0 unspecified atom stereocenters. The Morgan fingerprint density at radius 2 is 1.97 bits per heavy atom. The number of imidazole rings is 1. The number of carbonyl (C=O) groups excluding carboxylic acids is 1. The Balaban J connectivity index is 1.46. The minimum absolute atomic E-state index is 0.0362. The summed E-state index contributed by atoms with van der Waals surface area (Å²) >= 11 is 0. The van der Waals surface area contributed by atoms with E-state index in [0.717, 1.165) is 0 Å². The minimum atomic E-state index is -2.97. The van der Waals surface area contributed by atoms with Crippen LogP contribution in [0.15, 0.2) is 66.7 Å². The summed E-state index contributed by atoms with van der Waals surface area (Å²) in [5.74, 6) is 0.886. The first-order chi connectivity index (χ1) is 17.9. The monoisotopic (exact) mass is 504 g/mol. The van der Waals surface area contributed by atoms with Gasteiger partial charge in [-0.2, -0.15) is 14.0 Å². The molecule has 1 aromatic heterocycles. The fourth-order valence-electron chi connectivity index (χ4n) is 4.37. The Kier molecular flexibility index (Phi) is 6.70. The second-order valence-electron chi connectivity index (χ2n) is 8.56. The van der Waals surface area contributed by atoms with Crippen LogP contribution in [0.3, 0.4) is 0 Å². The topological polar surface area (TPSA) is 101 Å². The highest BCUT2D eigenvalue weighted by atomic mass is 19.3. The fourth-order valence-corrected chi connectivity index (χ4v) is 4.37. The molecule has 1 saturated heterocycles. The van der Waals surface area contributed by atoms with Crippen molar-refractivity contribution in [1.82, 2.24) is 9.55 Å². The van der Waals surface area contributed by atoms with Crippen molar-refractivity contribution in [3.63, 3.8) is 0 Å². The third kappa shape index (κ3) is 5.22. The van der Waals surface area contributed by atoms with Crippen LogP contribution in [0.4, 0.5) is 14.5 Å². The van der Waals surface area contributed by atoms with Crippen LogP contribution in [0.25, 0.3) is 11.0 Å². The zero-order chi connectivity index (χ0) is 25.9. The van der Waals surface area contributed by atoms with Gasteiger partial charge in [-0.3, -0.25) is 4.79 Å². The minimum Gasteiger partial charge on any atom is -0.486 e. The Morgan fingerprint density at radius 3 is 2.73 bits per heavy atom. The molecule has 37 heavy (non-hydrogen) atoms. The summed E-state index contributed by atoms with van der Waals surface area (Å²) in [6.07, 6.45) is -0.622. The molecule has 1 fully saturated rings. The highest BCUT2D eigenvalue weighted by Gasteiger charge is 2.29. The zero-order valence-corrected chi connectivity index (χ0v) is 19.6. The average molecular weight is 504 g/mol. The molecule has 1 amide bonds. The number of alkyl halides is 2. The van der Waals surface area contributed by atoms with Gasteiger partial charge in [0.1, 0.15) is 23.9 Å². The van der Waals surface area contributed by atoms with E-state index in [1.54, 1.807) is 65.2 Å². The molecule has 1 N–H and O–H groups in total. The number of rotatable bonds is 8. The number of ether oxygens (including phenoxy) is 2. The second kappa shape index (κ2) is 10.2. The molecule has 1 aliphatic heterocycles. The summed E-state index contributed by atoms with van der Waals surface area (Å²) in [7, 11) is 0. The number of aliphatic hydroxyl groups is 1. The Hall–Kier alpha value is -4.49. The summed E-state index contributed by atoms with van der Waals surface area (Å²) in [6.45, 7) is -2.55. The maximum Gasteiger partial charge on any atom is 0.387 e. The molecular weight excluding hydrogens is 482 g/mol. The number of nitriles is 1. The molecule has 0 radical (unpaired) electrons. The van der Waals surface area contributed by atoms with E-state index in [4.69, 9.17) is 9.47 Å². The SMILES string of the molecule is N#Cc1ccc2nc(COc3cccc(N4C[C@@H](O)CC4=O)c3)n(Cc3ccccc3OC(F)F)c2c1. The van der Waals surface area contributed by atoms with Crippen molar-refractivity contribution in [1.29, 1.82) is 5.26 Å². The van der Waals surface area contributed by atoms with Gasteiger partial charge in [-0.15, -0.1) is 0 Å². The Labute approximate surface area is 210 Å². The predicted molar refractivity (Wildman–Crippen MR) is 130 cm³/mol. The van der Waals surface area contributed by atoms with Crippen LogP contribution in [0.5, 0.6) is 11.5 Å². The highest BCUT2D eigenvalue weighted by molar-refractivity contribution is 5.96. The van der Waals surface area contributed by atoms with E-state index in [2.05, 4.69) is 11.1 Å². The Morgan fingerprint density at radius 1 is 1.14 bits per heavy atom. The molecular formula is C27H22F2N4O4. The summed E-state index contributed by atoms with van der Waals surface area (Å²) in [5.41, 5.74) is 2.83. The molecule has 0 aliphatic carbocycles. The number of nitrogens with zero attached hydrogens (tertiary/aromatic N) is 4. The van der Waals surface area contributed by atoms with Crippen molar-refractivity contribution in [3.05, 3.63) is 83.7 Å². The van der Waals surface area contributed by atoms with Crippen LogP contribution >= 0.6 is 0 Å². The molecule has 0 bridgehead atoms. The number of aromatic nitrogens is 2. The van der Waals surface area contributed by atoms with Crippen molar-refractivity contribution in [2.75, 3.05) is 11.4 Å². The number of fused-ring (bicyclic) bond motifs is 1. The van der Waals surface area contributed by atoms with Gasteiger partial charge in [0.25, 0.3) is 0 Å². The van der Waals surface area contributed by atoms with E-state index in [9.17, 15) is 23.9 Å². The van der Waals surface area contributed by atoms with Crippen molar-refractivity contribution < 1.29 is 28.2 Å². The largest absolute Gasteiger partial charge is 0.486 e. The number of β-amino-alcohol motifs (C(OH)–C–C–N with tert-alkyl or cyclic N) is 1. The third-order valence-electron chi connectivity index (χ3n) is 6.08. The van der Waals surface area contributed by atoms with Crippen molar-refractivity contribution in [2.45, 2.75) is 32.3 Å². The van der Waals surface area contributed by atoms with E-state index >= 15 is 0 Å². The van der Waals surface area contributed by atoms with Gasteiger partial charge in [0.15, 0.2) is 0 Å².